The first kappa shape index (κ1) is 15.0. The molecule has 1 unspecified atom stereocenters. The van der Waals surface area contributed by atoms with Crippen molar-refractivity contribution in [2.75, 3.05) is 26.2 Å². The lowest BCUT2D eigenvalue weighted by atomic mass is 10.1. The van der Waals surface area contributed by atoms with Gasteiger partial charge in [0.05, 0.1) is 6.07 Å². The zero-order valence-electron chi connectivity index (χ0n) is 12.5. The predicted molar refractivity (Wildman–Crippen MR) is 82.2 cm³/mol. The van der Waals surface area contributed by atoms with E-state index in [1.807, 2.05) is 0 Å². The molecule has 0 aromatic heterocycles. The zero-order chi connectivity index (χ0) is 14.2. The highest BCUT2D eigenvalue weighted by Gasteiger charge is 2.22. The highest BCUT2D eigenvalue weighted by molar-refractivity contribution is 5.14. The Balaban J connectivity index is 1.73. The van der Waals surface area contributed by atoms with Gasteiger partial charge in [-0.2, -0.15) is 5.26 Å². The lowest BCUT2D eigenvalue weighted by Crippen LogP contribution is -2.51. The van der Waals surface area contributed by atoms with Gasteiger partial charge in [0, 0.05) is 38.6 Å². The summed E-state index contributed by atoms with van der Waals surface area (Å²) in [5, 5.41) is 8.56. The molecule has 1 saturated heterocycles. The van der Waals surface area contributed by atoms with Crippen LogP contribution in [0.2, 0.25) is 0 Å². The predicted octanol–water partition coefficient (Wildman–Crippen LogP) is 2.89. The maximum atomic E-state index is 8.56. The molecule has 0 aliphatic carbocycles. The van der Waals surface area contributed by atoms with Crippen molar-refractivity contribution in [2.24, 2.45) is 0 Å². The van der Waals surface area contributed by atoms with Crippen molar-refractivity contribution >= 4 is 0 Å². The van der Waals surface area contributed by atoms with E-state index in [4.69, 9.17) is 5.26 Å². The third kappa shape index (κ3) is 4.63. The Bertz CT molecular complexity index is 424. The Morgan fingerprint density at radius 2 is 2.00 bits per heavy atom. The van der Waals surface area contributed by atoms with Crippen molar-refractivity contribution in [3.63, 3.8) is 0 Å². The Labute approximate surface area is 122 Å². The third-order valence-corrected chi connectivity index (χ3v) is 4.08. The number of hydrogen-bond acceptors (Lipinski definition) is 3. The van der Waals surface area contributed by atoms with Crippen LogP contribution in [-0.2, 0) is 6.54 Å². The van der Waals surface area contributed by atoms with E-state index in [2.05, 4.69) is 53.1 Å². The minimum absolute atomic E-state index is 0.620. The summed E-state index contributed by atoms with van der Waals surface area (Å²) in [6.07, 6.45) is 2.88. The number of hydrogen-bond donors (Lipinski definition) is 0. The molecular formula is C17H25N3. The molecule has 1 aliphatic heterocycles. The monoisotopic (exact) mass is 271 g/mol. The van der Waals surface area contributed by atoms with Gasteiger partial charge in [0.25, 0.3) is 0 Å². The molecule has 1 aromatic rings. The van der Waals surface area contributed by atoms with E-state index in [0.29, 0.717) is 12.5 Å². The van der Waals surface area contributed by atoms with Crippen molar-refractivity contribution in [2.45, 2.75) is 38.8 Å². The molecule has 0 bridgehead atoms. The standard InChI is InChI=1S/C17H25N3/c1-16-14-19(15-17-8-4-2-5-9-17)12-13-20(16)11-7-3-6-10-18/h2,4-5,8-9,16H,3,6-7,11-15H2,1H3. The van der Waals surface area contributed by atoms with Crippen LogP contribution >= 0.6 is 0 Å². The van der Waals surface area contributed by atoms with Crippen LogP contribution in [0.4, 0.5) is 0 Å². The summed E-state index contributed by atoms with van der Waals surface area (Å²) >= 11 is 0. The Morgan fingerprint density at radius 3 is 2.70 bits per heavy atom. The topological polar surface area (TPSA) is 30.3 Å². The lowest BCUT2D eigenvalue weighted by molar-refractivity contribution is 0.0778. The molecule has 3 nitrogen and oxygen atoms in total. The number of piperazine rings is 1. The largest absolute Gasteiger partial charge is 0.298 e. The molecule has 1 heterocycles. The van der Waals surface area contributed by atoms with Gasteiger partial charge in [-0.1, -0.05) is 30.3 Å². The fourth-order valence-corrected chi connectivity index (χ4v) is 2.91. The molecule has 0 N–H and O–H groups in total. The number of unbranched alkanes of at least 4 members (excludes halogenated alkanes) is 2. The maximum Gasteiger partial charge on any atom is 0.0621 e. The van der Waals surface area contributed by atoms with E-state index in [-0.39, 0.29) is 0 Å². The van der Waals surface area contributed by atoms with Crippen LogP contribution in [0.1, 0.15) is 31.7 Å². The molecule has 1 fully saturated rings. The van der Waals surface area contributed by atoms with Crippen molar-refractivity contribution in [3.05, 3.63) is 35.9 Å². The van der Waals surface area contributed by atoms with E-state index in [9.17, 15) is 0 Å². The third-order valence-electron chi connectivity index (χ3n) is 4.08. The normalized spacial score (nSPS) is 20.7. The zero-order valence-corrected chi connectivity index (χ0v) is 12.5. The highest BCUT2D eigenvalue weighted by Crippen LogP contribution is 2.14. The quantitative estimate of drug-likeness (QED) is 0.745. The van der Waals surface area contributed by atoms with Crippen molar-refractivity contribution in [3.8, 4) is 6.07 Å². The van der Waals surface area contributed by atoms with Gasteiger partial charge in [-0.15, -0.1) is 0 Å². The average Bonchev–Trinajstić information content (AvgIpc) is 2.46. The summed E-state index contributed by atoms with van der Waals surface area (Å²) in [6, 6.07) is 13.6. The first-order chi connectivity index (χ1) is 9.79. The van der Waals surface area contributed by atoms with Crippen molar-refractivity contribution in [1.29, 1.82) is 5.26 Å². The fourth-order valence-electron chi connectivity index (χ4n) is 2.91. The van der Waals surface area contributed by atoms with E-state index < -0.39 is 0 Å². The molecule has 2 rings (SSSR count). The molecule has 20 heavy (non-hydrogen) atoms. The number of nitrogens with zero attached hydrogens (tertiary/aromatic N) is 3. The molecule has 1 atom stereocenters. The van der Waals surface area contributed by atoms with E-state index >= 15 is 0 Å². The van der Waals surface area contributed by atoms with Crippen LogP contribution < -0.4 is 0 Å². The van der Waals surface area contributed by atoms with Gasteiger partial charge in [-0.05, 0) is 31.9 Å². The smallest absolute Gasteiger partial charge is 0.0621 e. The molecule has 0 spiro atoms. The average molecular weight is 271 g/mol. The first-order valence-electron chi connectivity index (χ1n) is 7.67. The summed E-state index contributed by atoms with van der Waals surface area (Å²) in [5.41, 5.74) is 1.40. The summed E-state index contributed by atoms with van der Waals surface area (Å²) in [4.78, 5) is 5.12. The van der Waals surface area contributed by atoms with E-state index in [0.717, 1.165) is 45.6 Å². The summed E-state index contributed by atoms with van der Waals surface area (Å²) in [5.74, 6) is 0. The van der Waals surface area contributed by atoms with Crippen molar-refractivity contribution < 1.29 is 0 Å². The highest BCUT2D eigenvalue weighted by atomic mass is 15.3. The molecule has 1 aliphatic rings. The van der Waals surface area contributed by atoms with Gasteiger partial charge < -0.3 is 0 Å². The van der Waals surface area contributed by atoms with Crippen LogP contribution in [0.3, 0.4) is 0 Å². The number of nitriles is 1. The number of rotatable bonds is 6. The van der Waals surface area contributed by atoms with Gasteiger partial charge in [0.1, 0.15) is 0 Å². The van der Waals surface area contributed by atoms with E-state index in [1.54, 1.807) is 0 Å². The molecule has 0 radical (unpaired) electrons. The molecular weight excluding hydrogens is 246 g/mol. The Kier molecular flexibility index (Phi) is 6.04. The van der Waals surface area contributed by atoms with Crippen LogP contribution in [0.5, 0.6) is 0 Å². The Morgan fingerprint density at radius 1 is 1.20 bits per heavy atom. The van der Waals surface area contributed by atoms with Gasteiger partial charge in [0.15, 0.2) is 0 Å². The second kappa shape index (κ2) is 8.04. The molecule has 108 valence electrons. The Hall–Kier alpha value is -1.37. The van der Waals surface area contributed by atoms with Crippen molar-refractivity contribution in [1.82, 2.24) is 9.80 Å². The number of benzene rings is 1. The van der Waals surface area contributed by atoms with E-state index in [1.165, 1.54) is 5.56 Å². The minimum atomic E-state index is 0.620. The second-order valence-electron chi connectivity index (χ2n) is 5.72. The van der Waals surface area contributed by atoms with Crippen LogP contribution in [0.15, 0.2) is 30.3 Å². The first-order valence-corrected chi connectivity index (χ1v) is 7.67. The second-order valence-corrected chi connectivity index (χ2v) is 5.72. The summed E-state index contributed by atoms with van der Waals surface area (Å²) < 4.78 is 0. The lowest BCUT2D eigenvalue weighted by Gasteiger charge is -2.40. The molecule has 3 heteroatoms. The fraction of sp³-hybridized carbons (Fsp3) is 0.588. The minimum Gasteiger partial charge on any atom is -0.298 e. The van der Waals surface area contributed by atoms with Crippen LogP contribution in [0, 0.1) is 11.3 Å². The van der Waals surface area contributed by atoms with Crippen LogP contribution in [-0.4, -0.2) is 42.0 Å². The maximum absolute atomic E-state index is 8.56. The molecule has 1 aromatic carbocycles. The summed E-state index contributed by atoms with van der Waals surface area (Å²) in [7, 11) is 0. The molecule has 0 saturated carbocycles. The van der Waals surface area contributed by atoms with Gasteiger partial charge in [-0.25, -0.2) is 0 Å². The van der Waals surface area contributed by atoms with Gasteiger partial charge in [-0.3, -0.25) is 9.80 Å². The van der Waals surface area contributed by atoms with Gasteiger partial charge in [0.2, 0.25) is 0 Å². The SMILES string of the molecule is CC1CN(Cc2ccccc2)CCN1CCCCC#N. The summed E-state index contributed by atoms with van der Waals surface area (Å²) in [6.45, 7) is 7.97. The van der Waals surface area contributed by atoms with Crippen LogP contribution in [0.25, 0.3) is 0 Å². The molecule has 0 amide bonds. The van der Waals surface area contributed by atoms with Gasteiger partial charge >= 0.3 is 0 Å².